The third-order valence-corrected chi connectivity index (χ3v) is 4.80. The molecule has 1 aliphatic heterocycles. The minimum Gasteiger partial charge on any atom is -0.322 e. The van der Waals surface area contributed by atoms with Crippen molar-refractivity contribution in [1.82, 2.24) is 30.0 Å². The molecule has 1 fully saturated rings. The van der Waals surface area contributed by atoms with Crippen LogP contribution in [0, 0.1) is 17.5 Å². The van der Waals surface area contributed by atoms with Crippen LogP contribution in [-0.4, -0.2) is 62.2 Å². The molecule has 8 nitrogen and oxygen atoms in total. The Balaban J connectivity index is 1.34. The maximum Gasteiger partial charge on any atom is 0.321 e. The molecule has 3 aromatic rings. The minimum absolute atomic E-state index is 0.257. The van der Waals surface area contributed by atoms with Crippen LogP contribution in [-0.2, 0) is 6.54 Å². The Morgan fingerprint density at radius 2 is 1.70 bits per heavy atom. The number of hydrogen-bond donors (Lipinski definition) is 1. The monoisotopic (exact) mass is 417 g/mol. The third-order valence-electron chi connectivity index (χ3n) is 4.80. The van der Waals surface area contributed by atoms with Gasteiger partial charge in [0.2, 0.25) is 0 Å². The van der Waals surface area contributed by atoms with Crippen molar-refractivity contribution in [2.75, 3.05) is 31.5 Å². The smallest absolute Gasteiger partial charge is 0.321 e. The molecule has 1 aliphatic rings. The highest BCUT2D eigenvalue weighted by atomic mass is 19.2. The lowest BCUT2D eigenvalue weighted by Crippen LogP contribution is -2.49. The van der Waals surface area contributed by atoms with Gasteiger partial charge >= 0.3 is 6.03 Å². The number of nitrogens with zero attached hydrogens (tertiary/aromatic N) is 6. The van der Waals surface area contributed by atoms with Gasteiger partial charge in [-0.15, -0.1) is 5.10 Å². The quantitative estimate of drug-likeness (QED) is 0.706. The number of piperazine rings is 1. The highest BCUT2D eigenvalue weighted by Crippen LogP contribution is 2.15. The van der Waals surface area contributed by atoms with Crippen molar-refractivity contribution in [3.63, 3.8) is 0 Å². The fraction of sp³-hybridized carbons (Fsp3) is 0.263. The number of benzene rings is 2. The molecule has 2 heterocycles. The van der Waals surface area contributed by atoms with Crippen LogP contribution in [0.5, 0.6) is 0 Å². The number of anilines is 1. The van der Waals surface area contributed by atoms with Crippen LogP contribution in [0.1, 0.15) is 5.82 Å². The molecule has 0 atom stereocenters. The first-order valence-corrected chi connectivity index (χ1v) is 9.26. The summed E-state index contributed by atoms with van der Waals surface area (Å²) >= 11 is 0. The maximum absolute atomic E-state index is 13.5. The number of rotatable bonds is 4. The number of tetrazole rings is 1. The summed E-state index contributed by atoms with van der Waals surface area (Å²) in [6.45, 7) is 2.53. The summed E-state index contributed by atoms with van der Waals surface area (Å²) in [5.74, 6) is -1.81. The summed E-state index contributed by atoms with van der Waals surface area (Å²) in [6, 6.07) is 8.77. The second-order valence-corrected chi connectivity index (χ2v) is 6.81. The molecule has 2 aromatic carbocycles. The predicted molar refractivity (Wildman–Crippen MR) is 101 cm³/mol. The van der Waals surface area contributed by atoms with E-state index in [1.54, 1.807) is 4.90 Å². The Kier molecular flexibility index (Phi) is 5.61. The van der Waals surface area contributed by atoms with Gasteiger partial charge in [0, 0.05) is 37.9 Å². The van der Waals surface area contributed by atoms with Crippen LogP contribution < -0.4 is 5.32 Å². The number of carbonyl (C=O) groups is 1. The van der Waals surface area contributed by atoms with E-state index in [4.69, 9.17) is 0 Å². The summed E-state index contributed by atoms with van der Waals surface area (Å²) < 4.78 is 41.0. The summed E-state index contributed by atoms with van der Waals surface area (Å²) in [5, 5.41) is 14.2. The van der Waals surface area contributed by atoms with Crippen LogP contribution in [0.2, 0.25) is 0 Å². The van der Waals surface area contributed by atoms with E-state index in [1.165, 1.54) is 35.0 Å². The van der Waals surface area contributed by atoms with Crippen molar-refractivity contribution < 1.29 is 18.0 Å². The molecule has 0 unspecified atom stereocenters. The largest absolute Gasteiger partial charge is 0.322 e. The molecule has 4 rings (SSSR count). The van der Waals surface area contributed by atoms with Crippen LogP contribution in [0.25, 0.3) is 5.69 Å². The van der Waals surface area contributed by atoms with Crippen LogP contribution in [0.3, 0.4) is 0 Å². The first-order chi connectivity index (χ1) is 14.5. The molecule has 30 heavy (non-hydrogen) atoms. The second-order valence-electron chi connectivity index (χ2n) is 6.81. The Morgan fingerprint density at radius 1 is 0.967 bits per heavy atom. The van der Waals surface area contributed by atoms with Crippen molar-refractivity contribution in [3.8, 4) is 5.69 Å². The van der Waals surface area contributed by atoms with E-state index >= 15 is 0 Å². The number of aromatic nitrogens is 4. The molecule has 0 aliphatic carbocycles. The Labute approximate surface area is 169 Å². The minimum atomic E-state index is -0.977. The maximum atomic E-state index is 13.5. The van der Waals surface area contributed by atoms with Gasteiger partial charge in [-0.3, -0.25) is 4.90 Å². The summed E-state index contributed by atoms with van der Waals surface area (Å²) in [7, 11) is 0. The van der Waals surface area contributed by atoms with Crippen LogP contribution in [0.4, 0.5) is 23.7 Å². The van der Waals surface area contributed by atoms with Gasteiger partial charge in [0.15, 0.2) is 17.5 Å². The fourth-order valence-corrected chi connectivity index (χ4v) is 3.17. The molecular formula is C19H18F3N7O. The predicted octanol–water partition coefficient (Wildman–Crippen LogP) is 2.43. The number of nitrogens with one attached hydrogen (secondary N) is 1. The molecule has 2 amide bonds. The molecule has 1 saturated heterocycles. The molecule has 1 N–H and O–H groups in total. The average Bonchev–Trinajstić information content (AvgIpc) is 3.20. The first kappa shape index (κ1) is 19.8. The third kappa shape index (κ3) is 4.40. The lowest BCUT2D eigenvalue weighted by Gasteiger charge is -2.34. The normalized spacial score (nSPS) is 14.7. The zero-order valence-corrected chi connectivity index (χ0v) is 15.8. The highest BCUT2D eigenvalue weighted by molar-refractivity contribution is 5.89. The van der Waals surface area contributed by atoms with Crippen molar-refractivity contribution in [1.29, 1.82) is 0 Å². The van der Waals surface area contributed by atoms with Gasteiger partial charge in [0.25, 0.3) is 0 Å². The van der Waals surface area contributed by atoms with Crippen molar-refractivity contribution >= 4 is 11.7 Å². The molecule has 11 heteroatoms. The van der Waals surface area contributed by atoms with Gasteiger partial charge < -0.3 is 10.2 Å². The van der Waals surface area contributed by atoms with Gasteiger partial charge in [0.05, 0.1) is 12.2 Å². The molecule has 0 saturated carbocycles. The zero-order chi connectivity index (χ0) is 21.1. The first-order valence-electron chi connectivity index (χ1n) is 9.26. The molecule has 0 spiro atoms. The lowest BCUT2D eigenvalue weighted by molar-refractivity contribution is 0.140. The Morgan fingerprint density at radius 3 is 2.40 bits per heavy atom. The molecule has 156 valence electrons. The van der Waals surface area contributed by atoms with E-state index < -0.39 is 11.6 Å². The lowest BCUT2D eigenvalue weighted by atomic mass is 10.3. The topological polar surface area (TPSA) is 79.2 Å². The number of hydrogen-bond acceptors (Lipinski definition) is 5. The van der Waals surface area contributed by atoms with Crippen molar-refractivity contribution in [2.24, 2.45) is 0 Å². The zero-order valence-electron chi connectivity index (χ0n) is 15.8. The van der Waals surface area contributed by atoms with E-state index in [9.17, 15) is 18.0 Å². The molecule has 0 bridgehead atoms. The fourth-order valence-electron chi connectivity index (χ4n) is 3.17. The molecule has 0 radical (unpaired) electrons. The summed E-state index contributed by atoms with van der Waals surface area (Å²) in [4.78, 5) is 16.1. The SMILES string of the molecule is O=C(Nc1ccc(F)cc1)N1CCN(Cc2nnnn2-c2ccc(F)c(F)c2)CC1. The van der Waals surface area contributed by atoms with Crippen molar-refractivity contribution in [3.05, 3.63) is 65.7 Å². The number of halogens is 3. The van der Waals surface area contributed by atoms with Crippen molar-refractivity contribution in [2.45, 2.75) is 6.54 Å². The summed E-state index contributed by atoms with van der Waals surface area (Å²) in [5.41, 5.74) is 0.848. The number of amides is 2. The molecular weight excluding hydrogens is 399 g/mol. The highest BCUT2D eigenvalue weighted by Gasteiger charge is 2.23. The van der Waals surface area contributed by atoms with E-state index in [-0.39, 0.29) is 11.8 Å². The molecule has 1 aromatic heterocycles. The Bertz CT molecular complexity index is 1030. The summed E-state index contributed by atoms with van der Waals surface area (Å²) in [6.07, 6.45) is 0. The Hall–Kier alpha value is -3.47. The van der Waals surface area contributed by atoms with Gasteiger partial charge in [0.1, 0.15) is 5.82 Å². The second kappa shape index (κ2) is 8.49. The van der Waals surface area contributed by atoms with Gasteiger partial charge in [-0.25, -0.2) is 18.0 Å². The number of carbonyl (C=O) groups excluding carboxylic acids is 1. The van der Waals surface area contributed by atoms with Gasteiger partial charge in [-0.05, 0) is 46.8 Å². The average molecular weight is 417 g/mol. The van der Waals surface area contributed by atoms with E-state index in [0.717, 1.165) is 12.1 Å². The number of urea groups is 1. The van der Waals surface area contributed by atoms with E-state index in [0.29, 0.717) is 49.9 Å². The van der Waals surface area contributed by atoms with Gasteiger partial charge in [-0.2, -0.15) is 4.68 Å². The standard InChI is InChI=1S/C19H18F3N7O/c20-13-1-3-14(4-2-13)23-19(30)28-9-7-27(8-10-28)12-18-24-25-26-29(18)15-5-6-16(21)17(22)11-15/h1-6,11H,7-10,12H2,(H,23,30). The van der Waals surface area contributed by atoms with Crippen LogP contribution >= 0.6 is 0 Å². The van der Waals surface area contributed by atoms with E-state index in [2.05, 4.69) is 25.7 Å². The van der Waals surface area contributed by atoms with Crippen LogP contribution in [0.15, 0.2) is 42.5 Å². The van der Waals surface area contributed by atoms with E-state index in [1.807, 2.05) is 0 Å². The van der Waals surface area contributed by atoms with Gasteiger partial charge in [-0.1, -0.05) is 0 Å².